The van der Waals surface area contributed by atoms with Gasteiger partial charge >= 0.3 is 0 Å². The Morgan fingerprint density at radius 3 is 2.02 bits per heavy atom. The van der Waals surface area contributed by atoms with Crippen molar-refractivity contribution in [3.8, 4) is 39.5 Å². The molecule has 9 rings (SSSR count). The zero-order valence-electron chi connectivity index (χ0n) is 36.2. The average Bonchev–Trinajstić information content (AvgIpc) is 3.79. The van der Waals surface area contributed by atoms with E-state index in [2.05, 4.69) is 168 Å². The van der Waals surface area contributed by atoms with Gasteiger partial charge in [0.15, 0.2) is 0 Å². The fraction of sp³-hybridized carbons (Fsp3) is 0.226. The molecule has 0 bridgehead atoms. The van der Waals surface area contributed by atoms with Gasteiger partial charge in [-0.2, -0.15) is 0 Å². The largest absolute Gasteiger partial charge is 0.501 e. The summed E-state index contributed by atoms with van der Waals surface area (Å²) in [5, 5.41) is 3.60. The third kappa shape index (κ3) is 8.19. The minimum absolute atomic E-state index is 0. The van der Waals surface area contributed by atoms with Gasteiger partial charge in [-0.05, 0) is 90.0 Å². The van der Waals surface area contributed by atoms with Crippen LogP contribution in [0.4, 0.5) is 0 Å². The fourth-order valence-electron chi connectivity index (χ4n) is 8.29. The SMILES string of the molecule is Cc1cc(-c2[c-]cccc2)ncc1[Si](C)(C)C.Cc1cc2c(nc(-c3[c-]ccc4c3oc3ccccc34)n2-c2c(C(C)C)cc(-c3ccccc3)cc2C(C)C)c(C)n1.[Ir]. The van der Waals surface area contributed by atoms with Gasteiger partial charge in [0.25, 0.3) is 0 Å². The topological polar surface area (TPSA) is 56.7 Å². The summed E-state index contributed by atoms with van der Waals surface area (Å²) in [5.74, 6) is 1.38. The van der Waals surface area contributed by atoms with Gasteiger partial charge in [-0.1, -0.05) is 118 Å². The van der Waals surface area contributed by atoms with E-state index in [-0.39, 0.29) is 31.9 Å². The van der Waals surface area contributed by atoms with Gasteiger partial charge in [0.2, 0.25) is 0 Å². The van der Waals surface area contributed by atoms with Crippen LogP contribution in [0.2, 0.25) is 19.6 Å². The Morgan fingerprint density at radius 1 is 0.683 bits per heavy atom. The molecule has 0 spiro atoms. The average molecular weight is 981 g/mol. The van der Waals surface area contributed by atoms with E-state index < -0.39 is 8.07 Å². The summed E-state index contributed by atoms with van der Waals surface area (Å²) < 4.78 is 8.87. The number of pyridine rings is 2. The summed E-state index contributed by atoms with van der Waals surface area (Å²) in [6, 6.07) is 46.8. The molecule has 0 atom stereocenters. The predicted molar refractivity (Wildman–Crippen MR) is 250 cm³/mol. The van der Waals surface area contributed by atoms with Crippen molar-refractivity contribution in [2.75, 3.05) is 0 Å². The number of benzene rings is 5. The Hall–Kier alpha value is -5.46. The molecule has 0 fully saturated rings. The molecule has 4 heterocycles. The van der Waals surface area contributed by atoms with Crippen LogP contribution in [0.15, 0.2) is 126 Å². The summed E-state index contributed by atoms with van der Waals surface area (Å²) in [6.07, 6.45) is 2.05. The van der Waals surface area contributed by atoms with E-state index in [4.69, 9.17) is 14.4 Å². The smallest absolute Gasteiger partial charge is 0.120 e. The molecule has 0 saturated carbocycles. The molecule has 9 aromatic rings. The minimum atomic E-state index is -1.27. The van der Waals surface area contributed by atoms with E-state index in [9.17, 15) is 0 Å². The number of aryl methyl sites for hydroxylation is 3. The Bertz CT molecular complexity index is 2930. The molecule has 305 valence electrons. The second kappa shape index (κ2) is 17.3. The van der Waals surface area contributed by atoms with E-state index in [1.807, 2.05) is 43.3 Å². The number of imidazole rings is 1. The van der Waals surface area contributed by atoms with Crippen molar-refractivity contribution in [3.05, 3.63) is 162 Å². The van der Waals surface area contributed by atoms with Gasteiger partial charge < -0.3 is 14.0 Å². The van der Waals surface area contributed by atoms with Crippen LogP contribution in [0.3, 0.4) is 0 Å². The molecule has 0 aliphatic heterocycles. The Labute approximate surface area is 369 Å². The van der Waals surface area contributed by atoms with Crippen LogP contribution in [0.5, 0.6) is 0 Å². The first-order valence-electron chi connectivity index (χ1n) is 20.7. The summed E-state index contributed by atoms with van der Waals surface area (Å²) in [4.78, 5) is 14.7. The van der Waals surface area contributed by atoms with Crippen LogP contribution >= 0.6 is 0 Å². The normalized spacial score (nSPS) is 11.7. The minimum Gasteiger partial charge on any atom is -0.501 e. The fourth-order valence-corrected chi connectivity index (χ4v) is 9.99. The maximum atomic E-state index is 6.51. The number of hydrogen-bond donors (Lipinski definition) is 0. The number of rotatable bonds is 7. The molecule has 0 aliphatic rings. The van der Waals surface area contributed by atoms with Crippen molar-refractivity contribution in [3.63, 3.8) is 0 Å². The Morgan fingerprint density at radius 2 is 1.37 bits per heavy atom. The number of hydrogen-bond acceptors (Lipinski definition) is 4. The summed E-state index contributed by atoms with van der Waals surface area (Å²) in [7, 11) is -1.27. The van der Waals surface area contributed by atoms with Crippen LogP contribution in [0.25, 0.3) is 72.4 Å². The maximum Gasteiger partial charge on any atom is 0.120 e. The van der Waals surface area contributed by atoms with E-state index in [0.29, 0.717) is 0 Å². The van der Waals surface area contributed by atoms with Crippen molar-refractivity contribution in [1.29, 1.82) is 0 Å². The first kappa shape index (κ1) is 42.7. The quantitative estimate of drug-likeness (QED) is 0.118. The summed E-state index contributed by atoms with van der Waals surface area (Å²) in [6.45, 7) is 22.5. The van der Waals surface area contributed by atoms with Gasteiger partial charge in [-0.3, -0.25) is 9.97 Å². The van der Waals surface area contributed by atoms with Gasteiger partial charge in [0.05, 0.1) is 36.2 Å². The molecule has 0 amide bonds. The molecule has 0 unspecified atom stereocenters. The standard InChI is InChI=1S/C38H34N3O.C15H18NSi.Ir/c1-22(2)31-20-27(26-13-8-7-9-14-26)21-32(23(3)4)36(31)41-33-19-24(5)39-25(6)35(33)40-38(41)30-17-12-16-29-28-15-10-11-18-34(28)42-37(29)30;1-12-10-14(13-8-6-5-7-9-13)16-11-15(12)17(2,3)4;/h7-16,18-23H,1-6H3;5-8,10-11H,1-4H3;/q2*-1;. The van der Waals surface area contributed by atoms with E-state index in [1.54, 1.807) is 0 Å². The van der Waals surface area contributed by atoms with Crippen molar-refractivity contribution in [1.82, 2.24) is 19.5 Å². The van der Waals surface area contributed by atoms with Crippen LogP contribution in [-0.4, -0.2) is 27.6 Å². The van der Waals surface area contributed by atoms with Gasteiger partial charge in [-0.25, -0.2) is 0 Å². The molecule has 4 aromatic heterocycles. The molecule has 0 saturated heterocycles. The third-order valence-corrected chi connectivity index (χ3v) is 13.3. The summed E-state index contributed by atoms with van der Waals surface area (Å²) in [5.41, 5.74) is 16.0. The van der Waals surface area contributed by atoms with E-state index in [1.165, 1.54) is 38.7 Å². The summed E-state index contributed by atoms with van der Waals surface area (Å²) >= 11 is 0. The van der Waals surface area contributed by atoms with Crippen molar-refractivity contribution < 1.29 is 24.5 Å². The zero-order chi connectivity index (χ0) is 41.6. The first-order chi connectivity index (χ1) is 28.3. The molecule has 7 heteroatoms. The zero-order valence-corrected chi connectivity index (χ0v) is 39.6. The number of fused-ring (bicyclic) bond motifs is 4. The molecule has 5 aromatic carbocycles. The monoisotopic (exact) mass is 981 g/mol. The molecule has 0 N–H and O–H groups in total. The van der Waals surface area contributed by atoms with Gasteiger partial charge in [0, 0.05) is 43.1 Å². The first-order valence-corrected chi connectivity index (χ1v) is 24.2. The van der Waals surface area contributed by atoms with Gasteiger partial charge in [0.1, 0.15) is 5.58 Å². The van der Waals surface area contributed by atoms with E-state index in [0.717, 1.165) is 67.0 Å². The molecule has 5 nitrogen and oxygen atoms in total. The number of nitrogens with zero attached hydrogens (tertiary/aromatic N) is 4. The van der Waals surface area contributed by atoms with Crippen LogP contribution in [0, 0.1) is 32.9 Å². The van der Waals surface area contributed by atoms with Crippen LogP contribution in [-0.2, 0) is 20.1 Å². The molecule has 0 aliphatic carbocycles. The van der Waals surface area contributed by atoms with Gasteiger partial charge in [-0.15, -0.1) is 54.1 Å². The Balaban J connectivity index is 0.000000255. The predicted octanol–water partition coefficient (Wildman–Crippen LogP) is 13.7. The maximum absolute atomic E-state index is 6.51. The molecular formula is C53H52IrN4OSi-2. The molecule has 60 heavy (non-hydrogen) atoms. The van der Waals surface area contributed by atoms with Crippen molar-refractivity contribution in [2.24, 2.45) is 0 Å². The second-order valence-electron chi connectivity index (χ2n) is 17.3. The Kier molecular flexibility index (Phi) is 12.3. The molecule has 1 radical (unpaired) electrons. The van der Waals surface area contributed by atoms with Crippen LogP contribution in [0.1, 0.15) is 67.6 Å². The van der Waals surface area contributed by atoms with E-state index >= 15 is 0 Å². The van der Waals surface area contributed by atoms with Crippen molar-refractivity contribution >= 4 is 46.2 Å². The second-order valence-corrected chi connectivity index (χ2v) is 22.3. The number of para-hydroxylation sites is 1. The van der Waals surface area contributed by atoms with Crippen LogP contribution < -0.4 is 5.19 Å². The molecular weight excluding hydrogens is 929 g/mol. The number of aromatic nitrogens is 4. The van der Waals surface area contributed by atoms with Crippen molar-refractivity contribution in [2.45, 2.75) is 79.9 Å². The third-order valence-electron chi connectivity index (χ3n) is 11.2. The number of furan rings is 1.